The van der Waals surface area contributed by atoms with Crippen LogP contribution in [0.5, 0.6) is 5.75 Å². The van der Waals surface area contributed by atoms with Gasteiger partial charge in [0.05, 0.1) is 0 Å². The van der Waals surface area contributed by atoms with Gasteiger partial charge in [0.25, 0.3) is 0 Å². The highest BCUT2D eigenvalue weighted by Crippen LogP contribution is 2.16. The highest BCUT2D eigenvalue weighted by Gasteiger charge is 2.02. The maximum Gasteiger partial charge on any atom is 0.140 e. The van der Waals surface area contributed by atoms with Crippen LogP contribution in [0.2, 0.25) is 0 Å². The molecule has 1 aromatic heterocycles. The lowest BCUT2D eigenvalue weighted by atomic mass is 10.3. The van der Waals surface area contributed by atoms with Crippen LogP contribution in [-0.4, -0.2) is 11.5 Å². The van der Waals surface area contributed by atoms with Gasteiger partial charge in [0.1, 0.15) is 17.4 Å². The molecule has 90 valence electrons. The summed E-state index contributed by atoms with van der Waals surface area (Å²) < 4.78 is 5.64. The highest BCUT2D eigenvalue weighted by molar-refractivity contribution is 7.11. The maximum atomic E-state index is 5.64. The van der Waals surface area contributed by atoms with Gasteiger partial charge in [-0.3, -0.25) is 0 Å². The van der Waals surface area contributed by atoms with Crippen LogP contribution < -0.4 is 10.1 Å². The zero-order valence-corrected chi connectivity index (χ0v) is 10.7. The minimum atomic E-state index is 0.542. The predicted molar refractivity (Wildman–Crippen MR) is 70.3 cm³/mol. The zero-order valence-electron chi connectivity index (χ0n) is 9.85. The Hall–Kier alpha value is -1.39. The average molecular weight is 248 g/mol. The number of nitrogens with zero attached hydrogens (tertiary/aromatic N) is 1. The van der Waals surface area contributed by atoms with Crippen LogP contribution in [0, 0.1) is 0 Å². The molecule has 2 rings (SSSR count). The molecule has 0 aliphatic heterocycles. The summed E-state index contributed by atoms with van der Waals surface area (Å²) in [4.78, 5) is 5.59. The number of aromatic nitrogens is 1. The number of nitrogens with one attached hydrogen (secondary N) is 1. The molecule has 0 saturated heterocycles. The Morgan fingerprint density at radius 3 is 2.88 bits per heavy atom. The van der Waals surface area contributed by atoms with E-state index in [0.29, 0.717) is 6.61 Å². The van der Waals surface area contributed by atoms with Gasteiger partial charge in [-0.25, -0.2) is 4.98 Å². The molecule has 0 fully saturated rings. The molecule has 0 amide bonds. The summed E-state index contributed by atoms with van der Waals surface area (Å²) >= 11 is 1.69. The standard InChI is InChI=1S/C13H16N2OS/c1-2-14-8-12-9-15-13(17-12)10-16-11-6-4-3-5-7-11/h3-7,9,14H,2,8,10H2,1H3. The lowest BCUT2D eigenvalue weighted by Gasteiger charge is -2.02. The molecule has 4 heteroatoms. The van der Waals surface area contributed by atoms with Gasteiger partial charge in [-0.2, -0.15) is 0 Å². The first kappa shape index (κ1) is 12.1. The fourth-order valence-electron chi connectivity index (χ4n) is 1.41. The van der Waals surface area contributed by atoms with Crippen molar-refractivity contribution in [2.75, 3.05) is 6.54 Å². The molecule has 1 aromatic carbocycles. The van der Waals surface area contributed by atoms with Crippen molar-refractivity contribution in [1.82, 2.24) is 10.3 Å². The summed E-state index contributed by atoms with van der Waals surface area (Å²) in [5.41, 5.74) is 0. The molecule has 0 spiro atoms. The van der Waals surface area contributed by atoms with Gasteiger partial charge in [-0.15, -0.1) is 11.3 Å². The van der Waals surface area contributed by atoms with E-state index in [2.05, 4.69) is 17.2 Å². The van der Waals surface area contributed by atoms with Crippen LogP contribution in [0.25, 0.3) is 0 Å². The van der Waals surface area contributed by atoms with E-state index >= 15 is 0 Å². The summed E-state index contributed by atoms with van der Waals surface area (Å²) in [6.45, 7) is 4.51. The molecule has 3 nitrogen and oxygen atoms in total. The van der Waals surface area contributed by atoms with Crippen molar-refractivity contribution < 1.29 is 4.74 Å². The smallest absolute Gasteiger partial charge is 0.140 e. The third-order valence-corrected chi connectivity index (χ3v) is 3.23. The second kappa shape index (κ2) is 6.37. The number of hydrogen-bond acceptors (Lipinski definition) is 4. The lowest BCUT2D eigenvalue weighted by molar-refractivity contribution is 0.305. The summed E-state index contributed by atoms with van der Waals surface area (Å²) in [7, 11) is 0. The number of rotatable bonds is 6. The van der Waals surface area contributed by atoms with Gasteiger partial charge in [-0.1, -0.05) is 25.1 Å². The van der Waals surface area contributed by atoms with Gasteiger partial charge in [0.2, 0.25) is 0 Å². The van der Waals surface area contributed by atoms with Gasteiger partial charge < -0.3 is 10.1 Å². The van der Waals surface area contributed by atoms with Crippen molar-refractivity contribution in [2.45, 2.75) is 20.1 Å². The third-order valence-electron chi connectivity index (χ3n) is 2.26. The number of hydrogen-bond donors (Lipinski definition) is 1. The second-order valence-electron chi connectivity index (χ2n) is 3.60. The summed E-state index contributed by atoms with van der Waals surface area (Å²) in [6, 6.07) is 9.81. The molecular formula is C13H16N2OS. The quantitative estimate of drug-likeness (QED) is 0.853. The van der Waals surface area contributed by atoms with Crippen LogP contribution in [-0.2, 0) is 13.2 Å². The molecule has 2 aromatic rings. The second-order valence-corrected chi connectivity index (χ2v) is 4.80. The molecule has 17 heavy (non-hydrogen) atoms. The first-order valence-electron chi connectivity index (χ1n) is 5.70. The Morgan fingerprint density at radius 2 is 2.12 bits per heavy atom. The Morgan fingerprint density at radius 1 is 1.29 bits per heavy atom. The minimum Gasteiger partial charge on any atom is -0.486 e. The van der Waals surface area contributed by atoms with E-state index in [4.69, 9.17) is 4.74 Å². The molecule has 0 aliphatic carbocycles. The molecular weight excluding hydrogens is 232 g/mol. The topological polar surface area (TPSA) is 34.2 Å². The Labute approximate surface area is 105 Å². The van der Waals surface area contributed by atoms with Gasteiger partial charge in [0, 0.05) is 17.6 Å². The monoisotopic (exact) mass is 248 g/mol. The Kier molecular flexibility index (Phi) is 4.53. The van der Waals surface area contributed by atoms with Crippen LogP contribution in [0.1, 0.15) is 16.8 Å². The summed E-state index contributed by atoms with van der Waals surface area (Å²) in [5.74, 6) is 0.885. The van der Waals surface area contributed by atoms with E-state index in [9.17, 15) is 0 Å². The Bertz CT molecular complexity index is 442. The van der Waals surface area contributed by atoms with Crippen molar-refractivity contribution in [2.24, 2.45) is 0 Å². The van der Waals surface area contributed by atoms with Crippen LogP contribution in [0.15, 0.2) is 36.5 Å². The van der Waals surface area contributed by atoms with E-state index in [1.165, 1.54) is 4.88 Å². The third kappa shape index (κ3) is 3.84. The predicted octanol–water partition coefficient (Wildman–Crippen LogP) is 2.83. The number of benzene rings is 1. The molecule has 0 atom stereocenters. The van der Waals surface area contributed by atoms with Crippen molar-refractivity contribution in [3.05, 3.63) is 46.4 Å². The summed E-state index contributed by atoms with van der Waals surface area (Å²) in [6.07, 6.45) is 1.91. The SMILES string of the molecule is CCNCc1cnc(COc2ccccc2)s1. The molecule has 1 N–H and O–H groups in total. The lowest BCUT2D eigenvalue weighted by Crippen LogP contribution is -2.10. The summed E-state index contributed by atoms with van der Waals surface area (Å²) in [5, 5.41) is 4.30. The van der Waals surface area contributed by atoms with E-state index in [1.807, 2.05) is 36.5 Å². The average Bonchev–Trinajstić information content (AvgIpc) is 2.83. The zero-order chi connectivity index (χ0) is 11.9. The van der Waals surface area contributed by atoms with Crippen molar-refractivity contribution in [3.8, 4) is 5.75 Å². The van der Waals surface area contributed by atoms with Gasteiger partial charge >= 0.3 is 0 Å². The van der Waals surface area contributed by atoms with E-state index < -0.39 is 0 Å². The van der Waals surface area contributed by atoms with E-state index in [-0.39, 0.29) is 0 Å². The fourth-order valence-corrected chi connectivity index (χ4v) is 2.21. The highest BCUT2D eigenvalue weighted by atomic mass is 32.1. The maximum absolute atomic E-state index is 5.64. The van der Waals surface area contributed by atoms with Crippen LogP contribution in [0.3, 0.4) is 0 Å². The van der Waals surface area contributed by atoms with Gasteiger partial charge in [-0.05, 0) is 18.7 Å². The number of thiazole rings is 1. The van der Waals surface area contributed by atoms with E-state index in [1.54, 1.807) is 11.3 Å². The Balaban J connectivity index is 1.85. The van der Waals surface area contributed by atoms with Crippen molar-refractivity contribution >= 4 is 11.3 Å². The molecule has 1 heterocycles. The van der Waals surface area contributed by atoms with Crippen molar-refractivity contribution in [1.29, 1.82) is 0 Å². The fraction of sp³-hybridized carbons (Fsp3) is 0.308. The van der Waals surface area contributed by atoms with Gasteiger partial charge in [0.15, 0.2) is 0 Å². The normalized spacial score (nSPS) is 10.4. The van der Waals surface area contributed by atoms with Crippen molar-refractivity contribution in [3.63, 3.8) is 0 Å². The molecule has 0 saturated carbocycles. The molecule has 0 unspecified atom stereocenters. The minimum absolute atomic E-state index is 0.542. The molecule has 0 aliphatic rings. The largest absolute Gasteiger partial charge is 0.486 e. The first-order chi connectivity index (χ1) is 8.38. The first-order valence-corrected chi connectivity index (χ1v) is 6.52. The number of para-hydroxylation sites is 1. The molecule has 0 bridgehead atoms. The molecule has 0 radical (unpaired) electrons. The van der Waals surface area contributed by atoms with Crippen LogP contribution >= 0.6 is 11.3 Å². The van der Waals surface area contributed by atoms with Crippen LogP contribution in [0.4, 0.5) is 0 Å². The van der Waals surface area contributed by atoms with E-state index in [0.717, 1.165) is 23.8 Å². The number of ether oxygens (including phenoxy) is 1.